The van der Waals surface area contributed by atoms with Gasteiger partial charge >= 0.3 is 0 Å². The van der Waals surface area contributed by atoms with Crippen LogP contribution in [0.25, 0.3) is 0 Å². The van der Waals surface area contributed by atoms with Gasteiger partial charge in [-0.15, -0.1) is 0 Å². The van der Waals surface area contributed by atoms with Crippen molar-refractivity contribution < 1.29 is 14.2 Å². The molecule has 2 aromatic carbocycles. The fourth-order valence-electron chi connectivity index (χ4n) is 4.80. The van der Waals surface area contributed by atoms with Crippen molar-refractivity contribution in [1.29, 1.82) is 0 Å². The van der Waals surface area contributed by atoms with E-state index in [-0.39, 0.29) is 30.9 Å². The smallest absolute Gasteiger partial charge is 0.157 e. The highest BCUT2D eigenvalue weighted by Gasteiger charge is 2.21. The maximum atomic E-state index is 5.54. The molecule has 1 aliphatic heterocycles. The van der Waals surface area contributed by atoms with Gasteiger partial charge in [-0.1, -0.05) is 83.7 Å². The van der Waals surface area contributed by atoms with Gasteiger partial charge < -0.3 is 19.5 Å². The fourth-order valence-corrected chi connectivity index (χ4v) is 4.80. The number of hydrogen-bond acceptors (Lipinski definition) is 4. The van der Waals surface area contributed by atoms with E-state index in [0.717, 1.165) is 25.9 Å². The zero-order chi connectivity index (χ0) is 29.8. The standard InChI is InChI=1S/C25H37N.C11H22O3.CH4/c1-18(2)16-20-8-12-22(13-9-20)24(26-25(5,6)7)23-14-10-21(11-15-23)17-19(3)4;1-11(2,3)14-9-8-13-10-6-4-5-7-12-10;/h8-15,18-19,24,26H,16-17H2,1-7H3;10H,4-9H2,1-3H3;1H4. The molecule has 1 fully saturated rings. The van der Waals surface area contributed by atoms with Crippen LogP contribution >= 0.6 is 0 Å². The second-order valence-corrected chi connectivity index (χ2v) is 14.1. The van der Waals surface area contributed by atoms with Gasteiger partial charge in [-0.25, -0.2) is 0 Å². The minimum absolute atomic E-state index is 0. The van der Waals surface area contributed by atoms with Crippen LogP contribution in [0, 0.1) is 11.8 Å². The molecule has 234 valence electrons. The molecule has 2 aromatic rings. The van der Waals surface area contributed by atoms with E-state index in [9.17, 15) is 0 Å². The molecule has 1 unspecified atom stereocenters. The Balaban J connectivity index is 0.000000475. The summed E-state index contributed by atoms with van der Waals surface area (Å²) >= 11 is 0. The number of benzene rings is 2. The van der Waals surface area contributed by atoms with Gasteiger partial charge in [-0.2, -0.15) is 0 Å². The highest BCUT2D eigenvalue weighted by atomic mass is 16.7. The average molecular weight is 570 g/mol. The monoisotopic (exact) mass is 569 g/mol. The van der Waals surface area contributed by atoms with E-state index >= 15 is 0 Å². The number of hydrogen-bond donors (Lipinski definition) is 1. The van der Waals surface area contributed by atoms with Crippen LogP contribution in [0.3, 0.4) is 0 Å². The predicted octanol–water partition coefficient (Wildman–Crippen LogP) is 9.54. The lowest BCUT2D eigenvalue weighted by Crippen LogP contribution is -2.39. The second-order valence-electron chi connectivity index (χ2n) is 14.1. The van der Waals surface area contributed by atoms with Gasteiger partial charge in [0.25, 0.3) is 0 Å². The van der Waals surface area contributed by atoms with Crippen molar-refractivity contribution in [2.75, 3.05) is 19.8 Å². The van der Waals surface area contributed by atoms with Crippen LogP contribution in [0.4, 0.5) is 0 Å². The summed E-state index contributed by atoms with van der Waals surface area (Å²) in [5.74, 6) is 1.38. The summed E-state index contributed by atoms with van der Waals surface area (Å²) in [7, 11) is 0. The number of ether oxygens (including phenoxy) is 3. The van der Waals surface area contributed by atoms with Gasteiger partial charge in [0.1, 0.15) is 0 Å². The van der Waals surface area contributed by atoms with Crippen molar-refractivity contribution in [2.24, 2.45) is 11.8 Å². The van der Waals surface area contributed by atoms with Crippen LogP contribution in [-0.4, -0.2) is 37.3 Å². The van der Waals surface area contributed by atoms with Crippen LogP contribution in [0.2, 0.25) is 0 Å². The topological polar surface area (TPSA) is 39.7 Å². The molecule has 0 aliphatic carbocycles. The Hall–Kier alpha value is -1.72. The highest BCUT2D eigenvalue weighted by molar-refractivity contribution is 5.35. The lowest BCUT2D eigenvalue weighted by Gasteiger charge is -2.29. The Labute approximate surface area is 254 Å². The Morgan fingerprint density at radius 3 is 1.61 bits per heavy atom. The Kier molecular flexibility index (Phi) is 16.4. The summed E-state index contributed by atoms with van der Waals surface area (Å²) in [6.07, 6.45) is 5.69. The van der Waals surface area contributed by atoms with Crippen molar-refractivity contribution in [1.82, 2.24) is 5.32 Å². The van der Waals surface area contributed by atoms with Gasteiger partial charge in [0.15, 0.2) is 6.29 Å². The average Bonchev–Trinajstić information content (AvgIpc) is 2.86. The third-order valence-corrected chi connectivity index (χ3v) is 6.55. The molecule has 1 aliphatic rings. The first kappa shape index (κ1) is 37.3. The molecule has 1 atom stereocenters. The zero-order valence-electron chi connectivity index (χ0n) is 27.3. The van der Waals surface area contributed by atoms with E-state index in [2.05, 4.69) is 102 Å². The van der Waals surface area contributed by atoms with E-state index in [1.165, 1.54) is 35.1 Å². The van der Waals surface area contributed by atoms with Gasteiger partial charge in [0, 0.05) is 12.1 Å². The Bertz CT molecular complexity index is 877. The van der Waals surface area contributed by atoms with E-state index in [1.807, 2.05) is 20.8 Å². The Morgan fingerprint density at radius 1 is 0.756 bits per heavy atom. The van der Waals surface area contributed by atoms with Gasteiger partial charge in [0.2, 0.25) is 0 Å². The third kappa shape index (κ3) is 16.5. The third-order valence-electron chi connectivity index (χ3n) is 6.55. The van der Waals surface area contributed by atoms with Crippen molar-refractivity contribution in [3.05, 3.63) is 70.8 Å². The van der Waals surface area contributed by atoms with Crippen LogP contribution < -0.4 is 5.32 Å². The minimum atomic E-state index is -0.0726. The molecule has 1 N–H and O–H groups in total. The fraction of sp³-hybridized carbons (Fsp3) is 0.676. The molecular weight excluding hydrogens is 506 g/mol. The molecule has 1 heterocycles. The summed E-state index contributed by atoms with van der Waals surface area (Å²) in [6, 6.07) is 18.6. The zero-order valence-corrected chi connectivity index (χ0v) is 27.3. The first-order valence-electron chi connectivity index (χ1n) is 15.5. The predicted molar refractivity (Wildman–Crippen MR) is 177 cm³/mol. The van der Waals surface area contributed by atoms with Crippen LogP contribution in [0.5, 0.6) is 0 Å². The highest BCUT2D eigenvalue weighted by Crippen LogP contribution is 2.26. The summed E-state index contributed by atoms with van der Waals surface area (Å²) < 4.78 is 16.5. The molecule has 0 spiro atoms. The first-order chi connectivity index (χ1) is 18.7. The summed E-state index contributed by atoms with van der Waals surface area (Å²) in [6.45, 7) is 24.1. The molecule has 0 radical (unpaired) electrons. The second kappa shape index (κ2) is 18.1. The molecule has 0 amide bonds. The van der Waals surface area contributed by atoms with Gasteiger partial charge in [0.05, 0.1) is 24.9 Å². The molecule has 3 rings (SSSR count). The maximum absolute atomic E-state index is 5.54. The van der Waals surface area contributed by atoms with Crippen LogP contribution in [0.15, 0.2) is 48.5 Å². The van der Waals surface area contributed by atoms with Gasteiger partial charge in [-0.05, 0) is 108 Å². The van der Waals surface area contributed by atoms with Crippen LogP contribution in [-0.2, 0) is 27.1 Å². The lowest BCUT2D eigenvalue weighted by atomic mass is 9.92. The quantitative estimate of drug-likeness (QED) is 0.274. The van der Waals surface area contributed by atoms with Crippen molar-refractivity contribution in [3.8, 4) is 0 Å². The summed E-state index contributed by atoms with van der Waals surface area (Å²) in [4.78, 5) is 0. The van der Waals surface area contributed by atoms with E-state index in [0.29, 0.717) is 25.0 Å². The minimum Gasteiger partial charge on any atom is -0.373 e. The largest absolute Gasteiger partial charge is 0.373 e. The molecule has 41 heavy (non-hydrogen) atoms. The van der Waals surface area contributed by atoms with E-state index < -0.39 is 0 Å². The molecule has 0 saturated carbocycles. The van der Waals surface area contributed by atoms with Crippen LogP contribution in [0.1, 0.15) is 124 Å². The molecule has 0 aromatic heterocycles. The normalized spacial score (nSPS) is 16.0. The van der Waals surface area contributed by atoms with Crippen molar-refractivity contribution in [2.45, 2.75) is 132 Å². The van der Waals surface area contributed by atoms with Gasteiger partial charge in [-0.3, -0.25) is 0 Å². The van der Waals surface area contributed by atoms with E-state index in [4.69, 9.17) is 14.2 Å². The SMILES string of the molecule is C.CC(C)(C)OCCOC1CCCCO1.CC(C)Cc1ccc(C(NC(C)(C)C)c2ccc(CC(C)C)cc2)cc1. The lowest BCUT2D eigenvalue weighted by molar-refractivity contribution is -0.174. The molecule has 0 bridgehead atoms. The van der Waals surface area contributed by atoms with Crippen molar-refractivity contribution in [3.63, 3.8) is 0 Å². The number of rotatable bonds is 11. The Morgan fingerprint density at radius 2 is 1.24 bits per heavy atom. The van der Waals surface area contributed by atoms with E-state index in [1.54, 1.807) is 0 Å². The molecule has 4 nitrogen and oxygen atoms in total. The molecular formula is C37H63NO3. The summed E-state index contributed by atoms with van der Waals surface area (Å²) in [5.41, 5.74) is 5.50. The molecule has 4 heteroatoms. The van der Waals surface area contributed by atoms with Crippen molar-refractivity contribution >= 4 is 0 Å². The number of nitrogens with one attached hydrogen (secondary N) is 1. The molecule has 1 saturated heterocycles. The maximum Gasteiger partial charge on any atom is 0.157 e. The summed E-state index contributed by atoms with van der Waals surface area (Å²) in [5, 5.41) is 3.81. The first-order valence-corrected chi connectivity index (χ1v) is 15.5.